The van der Waals surface area contributed by atoms with E-state index in [1.807, 2.05) is 0 Å². The number of imidazole rings is 1. The average Bonchev–Trinajstić information content (AvgIpc) is 3.25. The fraction of sp³-hybridized carbons (Fsp3) is 0.545. The Labute approximate surface area is 214 Å². The van der Waals surface area contributed by atoms with Crippen LogP contribution in [0.25, 0.3) is 23.2 Å². The summed E-state index contributed by atoms with van der Waals surface area (Å²) in [4.78, 5) is 4.90. The van der Waals surface area contributed by atoms with Gasteiger partial charge in [0.2, 0.25) is 0 Å². The van der Waals surface area contributed by atoms with Crippen molar-refractivity contribution in [1.29, 1.82) is 0 Å². The van der Waals surface area contributed by atoms with Crippen LogP contribution in [0, 0.1) is 0 Å². The molecule has 3 rings (SSSR count). The maximum Gasteiger partial charge on any atom is 0.133 e. The molecule has 0 aliphatic heterocycles. The molecular weight excluding hydrogens is 424 g/mol. The van der Waals surface area contributed by atoms with Crippen molar-refractivity contribution in [2.75, 3.05) is 0 Å². The van der Waals surface area contributed by atoms with E-state index in [-0.39, 0.29) is 0 Å². The molecule has 0 fully saturated rings. The summed E-state index contributed by atoms with van der Waals surface area (Å²) in [6.07, 6.45) is 26.9. The van der Waals surface area contributed by atoms with Gasteiger partial charge in [0, 0.05) is 6.54 Å². The minimum absolute atomic E-state index is 1.05. The van der Waals surface area contributed by atoms with E-state index >= 15 is 0 Å². The van der Waals surface area contributed by atoms with Gasteiger partial charge in [0.15, 0.2) is 0 Å². The van der Waals surface area contributed by atoms with E-state index in [0.717, 1.165) is 17.9 Å². The van der Waals surface area contributed by atoms with E-state index in [4.69, 9.17) is 4.98 Å². The van der Waals surface area contributed by atoms with Crippen molar-refractivity contribution in [1.82, 2.24) is 9.55 Å². The molecule has 2 heteroatoms. The molecule has 0 aliphatic rings. The number of hydrogen-bond acceptors (Lipinski definition) is 1. The Balaban J connectivity index is 1.28. The Hall–Kier alpha value is -2.35. The molecule has 2 aromatic carbocycles. The Kier molecular flexibility index (Phi) is 13.3. The number of aromatic nitrogens is 2. The molecule has 0 amide bonds. The molecule has 35 heavy (non-hydrogen) atoms. The zero-order chi connectivity index (χ0) is 24.4. The lowest BCUT2D eigenvalue weighted by Crippen LogP contribution is -2.00. The second-order valence-electron chi connectivity index (χ2n) is 10.2. The van der Waals surface area contributed by atoms with Crippen molar-refractivity contribution >= 4 is 23.2 Å². The summed E-state index contributed by atoms with van der Waals surface area (Å²) in [5, 5.41) is 0. The van der Waals surface area contributed by atoms with Gasteiger partial charge in [-0.25, -0.2) is 4.98 Å². The molecule has 0 spiro atoms. The number of hydrogen-bond donors (Lipinski definition) is 0. The third-order valence-electron chi connectivity index (χ3n) is 7.14. The van der Waals surface area contributed by atoms with Crippen molar-refractivity contribution in [3.63, 3.8) is 0 Å². The molecule has 0 saturated heterocycles. The molecule has 2 nitrogen and oxygen atoms in total. The topological polar surface area (TPSA) is 17.8 Å². The summed E-state index contributed by atoms with van der Waals surface area (Å²) in [7, 11) is 0. The third-order valence-corrected chi connectivity index (χ3v) is 7.14. The van der Waals surface area contributed by atoms with E-state index in [0.29, 0.717) is 0 Å². The number of aryl methyl sites for hydroxylation is 1. The van der Waals surface area contributed by atoms with Crippen LogP contribution in [0.5, 0.6) is 0 Å². The number of nitrogens with zero attached hydrogens (tertiary/aromatic N) is 2. The summed E-state index contributed by atoms with van der Waals surface area (Å²) in [5.41, 5.74) is 3.56. The van der Waals surface area contributed by atoms with Crippen molar-refractivity contribution in [2.24, 2.45) is 0 Å². The maximum absolute atomic E-state index is 4.90. The normalized spacial score (nSPS) is 11.7. The van der Waals surface area contributed by atoms with Gasteiger partial charge in [-0.3, -0.25) is 0 Å². The highest BCUT2D eigenvalue weighted by Crippen LogP contribution is 2.20. The molecule has 0 atom stereocenters. The summed E-state index contributed by atoms with van der Waals surface area (Å²) in [6, 6.07) is 19.0. The lowest BCUT2D eigenvalue weighted by atomic mass is 10.0. The van der Waals surface area contributed by atoms with Crippen LogP contribution in [0.2, 0.25) is 0 Å². The molecule has 0 saturated carbocycles. The monoisotopic (exact) mass is 472 g/mol. The minimum atomic E-state index is 1.05. The quantitative estimate of drug-likeness (QED) is 0.159. The van der Waals surface area contributed by atoms with E-state index in [1.54, 1.807) is 0 Å². The highest BCUT2D eigenvalue weighted by atomic mass is 15.1. The molecule has 0 radical (unpaired) electrons. The van der Waals surface area contributed by atoms with Gasteiger partial charge in [0.05, 0.1) is 11.0 Å². The van der Waals surface area contributed by atoms with E-state index in [2.05, 4.69) is 78.2 Å². The van der Waals surface area contributed by atoms with Crippen LogP contribution in [0.4, 0.5) is 0 Å². The zero-order valence-electron chi connectivity index (χ0n) is 22.3. The first-order valence-corrected chi connectivity index (χ1v) is 14.6. The Morgan fingerprint density at radius 2 is 1.09 bits per heavy atom. The molecule has 190 valence electrons. The largest absolute Gasteiger partial charge is 0.324 e. The first-order valence-electron chi connectivity index (χ1n) is 14.6. The summed E-state index contributed by atoms with van der Waals surface area (Å²) < 4.78 is 2.40. The van der Waals surface area contributed by atoms with Crippen molar-refractivity contribution in [2.45, 2.75) is 116 Å². The predicted molar refractivity (Wildman–Crippen MR) is 155 cm³/mol. The van der Waals surface area contributed by atoms with Gasteiger partial charge < -0.3 is 4.57 Å². The summed E-state index contributed by atoms with van der Waals surface area (Å²) in [5.74, 6) is 1.07. The van der Waals surface area contributed by atoms with Crippen LogP contribution in [-0.4, -0.2) is 9.55 Å². The van der Waals surface area contributed by atoms with Crippen LogP contribution in [0.3, 0.4) is 0 Å². The minimum Gasteiger partial charge on any atom is -0.324 e. The second kappa shape index (κ2) is 17.1. The van der Waals surface area contributed by atoms with Gasteiger partial charge >= 0.3 is 0 Å². The molecule has 0 N–H and O–H groups in total. The van der Waals surface area contributed by atoms with Crippen molar-refractivity contribution < 1.29 is 0 Å². The lowest BCUT2D eigenvalue weighted by Gasteiger charge is -2.07. The molecule has 0 unspecified atom stereocenters. The van der Waals surface area contributed by atoms with Crippen LogP contribution < -0.4 is 0 Å². The number of fused-ring (bicyclic) bond motifs is 1. The Morgan fingerprint density at radius 1 is 0.571 bits per heavy atom. The first-order chi connectivity index (χ1) is 17.4. The van der Waals surface area contributed by atoms with Gasteiger partial charge in [0.25, 0.3) is 0 Å². The number of rotatable bonds is 19. The SMILES string of the molecule is CCCCCCCCCCCCCCCCCCn1c(C=Cc2ccccc2)nc2ccccc21. The summed E-state index contributed by atoms with van der Waals surface area (Å²) in [6.45, 7) is 3.35. The number of unbranched alkanes of at least 4 members (excludes halogenated alkanes) is 15. The molecular formula is C33H48N2. The highest BCUT2D eigenvalue weighted by Gasteiger charge is 2.07. The standard InChI is InChI=1S/C33H48N2/c1-2-3-4-5-6-7-8-9-10-11-12-13-14-15-16-22-29-35-32-26-21-20-25-31(32)34-33(35)28-27-30-23-18-17-19-24-30/h17-21,23-28H,2-16,22,29H2,1H3. The molecule has 1 aromatic heterocycles. The Bertz CT molecular complexity index is 954. The van der Waals surface area contributed by atoms with E-state index in [9.17, 15) is 0 Å². The zero-order valence-corrected chi connectivity index (χ0v) is 22.3. The molecule has 1 heterocycles. The van der Waals surface area contributed by atoms with Gasteiger partial charge in [-0.15, -0.1) is 0 Å². The predicted octanol–water partition coefficient (Wildman–Crippen LogP) is 10.5. The number of para-hydroxylation sites is 2. The molecule has 0 bridgehead atoms. The first kappa shape index (κ1) is 27.2. The third kappa shape index (κ3) is 10.4. The van der Waals surface area contributed by atoms with Gasteiger partial charge in [-0.2, -0.15) is 0 Å². The Morgan fingerprint density at radius 3 is 1.69 bits per heavy atom. The number of benzene rings is 2. The van der Waals surface area contributed by atoms with Crippen LogP contribution in [-0.2, 0) is 6.54 Å². The van der Waals surface area contributed by atoms with Crippen LogP contribution in [0.1, 0.15) is 121 Å². The van der Waals surface area contributed by atoms with E-state index in [1.165, 1.54) is 114 Å². The second-order valence-corrected chi connectivity index (χ2v) is 10.2. The van der Waals surface area contributed by atoms with Crippen LogP contribution >= 0.6 is 0 Å². The smallest absolute Gasteiger partial charge is 0.133 e. The van der Waals surface area contributed by atoms with E-state index < -0.39 is 0 Å². The molecule has 3 aromatic rings. The maximum atomic E-state index is 4.90. The van der Waals surface area contributed by atoms with Crippen molar-refractivity contribution in [3.8, 4) is 0 Å². The fourth-order valence-electron chi connectivity index (χ4n) is 5.01. The van der Waals surface area contributed by atoms with Gasteiger partial charge in [0.1, 0.15) is 5.82 Å². The van der Waals surface area contributed by atoms with Gasteiger partial charge in [-0.05, 0) is 30.2 Å². The highest BCUT2D eigenvalue weighted by molar-refractivity contribution is 5.79. The van der Waals surface area contributed by atoms with Crippen LogP contribution in [0.15, 0.2) is 54.6 Å². The van der Waals surface area contributed by atoms with Gasteiger partial charge in [-0.1, -0.05) is 152 Å². The lowest BCUT2D eigenvalue weighted by molar-refractivity contribution is 0.522. The average molecular weight is 473 g/mol. The van der Waals surface area contributed by atoms with Crippen molar-refractivity contribution in [3.05, 3.63) is 66.0 Å². The summed E-state index contributed by atoms with van der Waals surface area (Å²) >= 11 is 0. The fourth-order valence-corrected chi connectivity index (χ4v) is 5.01. The molecule has 0 aliphatic carbocycles.